The van der Waals surface area contributed by atoms with Crippen molar-refractivity contribution in [3.8, 4) is 0 Å². The summed E-state index contributed by atoms with van der Waals surface area (Å²) in [6, 6.07) is 9.84. The molecule has 2 heterocycles. The first-order valence-electron chi connectivity index (χ1n) is 13.7. The number of anilines is 5. The largest absolute Gasteiger partial charge is 0.379 e. The normalized spacial score (nSPS) is 17.7. The molecular formula is C29H34BrClN6O4S. The Bertz CT molecular complexity index is 1570. The number of nitrogens with zero attached hydrogens (tertiary/aromatic N) is 4. The zero-order chi connectivity index (χ0) is 29.9. The molecule has 0 amide bonds. The first-order valence-corrected chi connectivity index (χ1v) is 16.7. The lowest BCUT2D eigenvalue weighted by molar-refractivity contribution is 0.0136. The number of halogens is 2. The van der Waals surface area contributed by atoms with Gasteiger partial charge < -0.3 is 10.1 Å². The van der Waals surface area contributed by atoms with Crippen LogP contribution in [0.4, 0.5) is 28.8 Å². The molecule has 1 aliphatic carbocycles. The lowest BCUT2D eigenvalue weighted by Gasteiger charge is -2.33. The molecule has 2 aliphatic rings. The molecule has 0 bridgehead atoms. The Kier molecular flexibility index (Phi) is 9.70. The van der Waals surface area contributed by atoms with Crippen molar-refractivity contribution < 1.29 is 18.0 Å². The van der Waals surface area contributed by atoms with Crippen LogP contribution in [0.2, 0.25) is 5.02 Å². The lowest BCUT2D eigenvalue weighted by atomic mass is 10.0. The molecule has 224 valence electrons. The van der Waals surface area contributed by atoms with Gasteiger partial charge in [0.1, 0.15) is 5.02 Å². The number of aromatic nitrogens is 2. The van der Waals surface area contributed by atoms with Gasteiger partial charge in [0.15, 0.2) is 5.82 Å². The van der Waals surface area contributed by atoms with E-state index in [2.05, 4.69) is 53.5 Å². The lowest BCUT2D eigenvalue weighted by Crippen LogP contribution is -2.43. The zero-order valence-electron chi connectivity index (χ0n) is 23.6. The van der Waals surface area contributed by atoms with Crippen LogP contribution in [0.25, 0.3) is 6.08 Å². The minimum absolute atomic E-state index is 0.251. The first kappa shape index (κ1) is 30.7. The van der Waals surface area contributed by atoms with Crippen LogP contribution in [0, 0.1) is 0 Å². The molecule has 1 aliphatic heterocycles. The van der Waals surface area contributed by atoms with E-state index in [1.165, 1.54) is 17.3 Å². The maximum Gasteiger partial charge on any atom is 0.256 e. The van der Waals surface area contributed by atoms with Gasteiger partial charge in [-0.1, -0.05) is 46.3 Å². The van der Waals surface area contributed by atoms with Gasteiger partial charge in [-0.25, -0.2) is 13.4 Å². The molecular weight excluding hydrogens is 644 g/mol. The van der Waals surface area contributed by atoms with Crippen molar-refractivity contribution in [2.75, 3.05) is 54.8 Å². The smallest absolute Gasteiger partial charge is 0.256 e. The maximum absolute atomic E-state index is 12.0. The van der Waals surface area contributed by atoms with E-state index in [0.717, 1.165) is 74.0 Å². The van der Waals surface area contributed by atoms with Crippen LogP contribution in [-0.4, -0.2) is 69.0 Å². The minimum atomic E-state index is -3.53. The number of morpholine rings is 1. The standard InChI is InChI=1S/C29H34BrClN6O4S/c1-4-19-5-10-26(35-42(3,38)39)27(15-19)33-28-25(31)18-32-29(34-28)37(40-2)22-16-20-6-7-21(36-11-13-41-14-12-36)8-9-23(20)24(30)17-22/h4-5,10,15-18,21,35H,1,6-9,11-14H2,2-3H3,(H,32,33,34). The highest BCUT2D eigenvalue weighted by Gasteiger charge is 2.26. The number of hydrogen-bond donors (Lipinski definition) is 2. The highest BCUT2D eigenvalue weighted by Crippen LogP contribution is 2.37. The van der Waals surface area contributed by atoms with E-state index in [4.69, 9.17) is 21.2 Å². The summed E-state index contributed by atoms with van der Waals surface area (Å²) in [5.41, 5.74) is 4.93. The Morgan fingerprint density at radius 3 is 2.67 bits per heavy atom. The van der Waals surface area contributed by atoms with Crippen molar-refractivity contribution >= 4 is 72.5 Å². The van der Waals surface area contributed by atoms with Gasteiger partial charge >= 0.3 is 0 Å². The summed E-state index contributed by atoms with van der Waals surface area (Å²) in [6.07, 6.45) is 8.35. The third kappa shape index (κ3) is 7.24. The van der Waals surface area contributed by atoms with Crippen molar-refractivity contribution in [1.82, 2.24) is 14.9 Å². The molecule has 1 aromatic heterocycles. The fraction of sp³-hybridized carbons (Fsp3) is 0.379. The van der Waals surface area contributed by atoms with Crippen molar-refractivity contribution in [3.05, 3.63) is 69.3 Å². The Labute approximate surface area is 260 Å². The summed E-state index contributed by atoms with van der Waals surface area (Å²) in [5, 5.41) is 4.95. The van der Waals surface area contributed by atoms with Gasteiger partial charge in [0.05, 0.1) is 49.8 Å². The van der Waals surface area contributed by atoms with Crippen LogP contribution in [0.1, 0.15) is 29.5 Å². The molecule has 0 spiro atoms. The number of aryl methyl sites for hydroxylation is 1. The van der Waals surface area contributed by atoms with Gasteiger partial charge in [-0.15, -0.1) is 0 Å². The molecule has 10 nitrogen and oxygen atoms in total. The van der Waals surface area contributed by atoms with Gasteiger partial charge in [0.25, 0.3) is 5.95 Å². The molecule has 1 saturated heterocycles. The molecule has 13 heteroatoms. The molecule has 3 aromatic rings. The molecule has 2 aromatic carbocycles. The fourth-order valence-electron chi connectivity index (χ4n) is 5.44. The molecule has 2 N–H and O–H groups in total. The first-order chi connectivity index (χ1) is 20.1. The molecule has 1 fully saturated rings. The Balaban J connectivity index is 1.43. The summed E-state index contributed by atoms with van der Waals surface area (Å²) in [4.78, 5) is 17.4. The van der Waals surface area contributed by atoms with Crippen molar-refractivity contribution in [2.45, 2.75) is 31.7 Å². The highest BCUT2D eigenvalue weighted by atomic mass is 79.9. The van der Waals surface area contributed by atoms with Crippen molar-refractivity contribution in [3.63, 3.8) is 0 Å². The average molecular weight is 678 g/mol. The third-order valence-electron chi connectivity index (χ3n) is 7.47. The number of hydrogen-bond acceptors (Lipinski definition) is 9. The second-order valence-corrected chi connectivity index (χ2v) is 13.3. The van der Waals surface area contributed by atoms with Crippen LogP contribution in [0.3, 0.4) is 0 Å². The number of nitrogens with one attached hydrogen (secondary N) is 2. The Hall–Kier alpha value is -2.74. The zero-order valence-corrected chi connectivity index (χ0v) is 26.7. The van der Waals surface area contributed by atoms with Gasteiger partial charge in [-0.05, 0) is 66.6 Å². The summed E-state index contributed by atoms with van der Waals surface area (Å²) in [7, 11) is -1.97. The summed E-state index contributed by atoms with van der Waals surface area (Å²) < 4.78 is 33.0. The van der Waals surface area contributed by atoms with Gasteiger partial charge in [-0.2, -0.15) is 10.0 Å². The van der Waals surface area contributed by atoms with Crippen molar-refractivity contribution in [2.24, 2.45) is 0 Å². The SMILES string of the molecule is C=Cc1ccc(NS(C)(=O)=O)c(Nc2nc(N(OC)c3cc(Br)c4c(c3)CCC(N3CCOCC3)CC4)ncc2Cl)c1. The number of ether oxygens (including phenoxy) is 1. The monoisotopic (exact) mass is 676 g/mol. The summed E-state index contributed by atoms with van der Waals surface area (Å²) in [5.74, 6) is 0.539. The van der Waals surface area contributed by atoms with Gasteiger partial charge in [0.2, 0.25) is 10.0 Å². The van der Waals surface area contributed by atoms with Crippen LogP contribution in [0.5, 0.6) is 0 Å². The predicted octanol–water partition coefficient (Wildman–Crippen LogP) is 5.93. The number of fused-ring (bicyclic) bond motifs is 1. The molecule has 5 rings (SSSR count). The van der Waals surface area contributed by atoms with E-state index in [9.17, 15) is 8.42 Å². The van der Waals surface area contributed by atoms with Crippen LogP contribution >= 0.6 is 27.5 Å². The molecule has 0 radical (unpaired) electrons. The minimum Gasteiger partial charge on any atom is -0.379 e. The van der Waals surface area contributed by atoms with Gasteiger partial charge in [-0.3, -0.25) is 14.5 Å². The average Bonchev–Trinajstić information content (AvgIpc) is 3.19. The van der Waals surface area contributed by atoms with Crippen LogP contribution in [0.15, 0.2) is 47.6 Å². The molecule has 1 unspecified atom stereocenters. The van der Waals surface area contributed by atoms with E-state index >= 15 is 0 Å². The number of sulfonamides is 1. The summed E-state index contributed by atoms with van der Waals surface area (Å²) >= 11 is 10.3. The fourth-order valence-corrected chi connectivity index (χ4v) is 6.84. The highest BCUT2D eigenvalue weighted by molar-refractivity contribution is 9.10. The van der Waals surface area contributed by atoms with E-state index in [0.29, 0.717) is 17.4 Å². The van der Waals surface area contributed by atoms with Crippen LogP contribution < -0.4 is 15.1 Å². The topological polar surface area (TPSA) is 109 Å². The number of rotatable bonds is 9. The van der Waals surface area contributed by atoms with E-state index in [1.807, 2.05) is 6.07 Å². The van der Waals surface area contributed by atoms with E-state index < -0.39 is 10.0 Å². The quantitative estimate of drug-likeness (QED) is 0.211. The molecule has 42 heavy (non-hydrogen) atoms. The predicted molar refractivity (Wildman–Crippen MR) is 171 cm³/mol. The third-order valence-corrected chi connectivity index (χ3v) is 9.04. The summed E-state index contributed by atoms with van der Waals surface area (Å²) in [6.45, 7) is 7.37. The molecule has 0 saturated carbocycles. The molecule has 1 atom stereocenters. The second kappa shape index (κ2) is 13.3. The Morgan fingerprint density at radius 1 is 1.19 bits per heavy atom. The number of benzene rings is 2. The van der Waals surface area contributed by atoms with Crippen molar-refractivity contribution in [1.29, 1.82) is 0 Å². The maximum atomic E-state index is 12.0. The van der Waals surface area contributed by atoms with E-state index in [-0.39, 0.29) is 16.8 Å². The Morgan fingerprint density at radius 2 is 1.95 bits per heavy atom. The van der Waals surface area contributed by atoms with E-state index in [1.54, 1.807) is 36.4 Å². The van der Waals surface area contributed by atoms with Gasteiger partial charge in [0, 0.05) is 23.6 Å². The van der Waals surface area contributed by atoms with Crippen LogP contribution in [-0.2, 0) is 32.4 Å². The second-order valence-electron chi connectivity index (χ2n) is 10.3.